The first kappa shape index (κ1) is 12.0. The number of hydrogen-bond acceptors (Lipinski definition) is 2. The fraction of sp³-hybridized carbons (Fsp3) is 1.00. The normalized spacial score (nSPS) is 36.5. The lowest BCUT2D eigenvalue weighted by Gasteiger charge is -2.39. The van der Waals surface area contributed by atoms with E-state index in [-0.39, 0.29) is 0 Å². The van der Waals surface area contributed by atoms with Crippen LogP contribution in [0.2, 0.25) is 0 Å². The Morgan fingerprint density at radius 2 is 1.59 bits per heavy atom. The van der Waals surface area contributed by atoms with Gasteiger partial charge in [-0.25, -0.2) is 0 Å². The van der Waals surface area contributed by atoms with Crippen LogP contribution in [0, 0.1) is 0 Å². The molecule has 0 spiro atoms. The molecule has 0 radical (unpaired) electrons. The van der Waals surface area contributed by atoms with Crippen LogP contribution in [0.25, 0.3) is 0 Å². The van der Waals surface area contributed by atoms with Crippen molar-refractivity contribution in [3.63, 3.8) is 0 Å². The monoisotopic (exact) mass is 237 g/mol. The first-order valence-corrected chi connectivity index (χ1v) is 7.81. The maximum atomic E-state index is 6.34. The summed E-state index contributed by atoms with van der Waals surface area (Å²) in [5.41, 5.74) is 0. The zero-order valence-electron chi connectivity index (χ0n) is 11.2. The lowest BCUT2D eigenvalue weighted by molar-refractivity contribution is -0.139. The minimum Gasteiger partial charge on any atom is -0.360 e. The first-order valence-electron chi connectivity index (χ1n) is 7.81. The summed E-state index contributed by atoms with van der Waals surface area (Å²) in [6.07, 6.45) is 14.7. The number of rotatable bonds is 4. The Labute approximate surface area is 106 Å². The average molecular weight is 237 g/mol. The fourth-order valence-corrected chi connectivity index (χ4v) is 3.90. The highest BCUT2D eigenvalue weighted by Gasteiger charge is 2.40. The van der Waals surface area contributed by atoms with Crippen molar-refractivity contribution in [1.29, 1.82) is 0 Å². The van der Waals surface area contributed by atoms with E-state index < -0.39 is 0 Å². The van der Waals surface area contributed by atoms with E-state index in [0.717, 1.165) is 12.1 Å². The van der Waals surface area contributed by atoms with Gasteiger partial charge in [-0.3, -0.25) is 4.90 Å². The molecule has 3 rings (SSSR count). The maximum Gasteiger partial charge on any atom is 0.111 e. The van der Waals surface area contributed by atoms with Gasteiger partial charge in [-0.1, -0.05) is 19.8 Å². The molecule has 3 fully saturated rings. The molecule has 2 nitrogen and oxygen atoms in total. The lowest BCUT2D eigenvalue weighted by Crippen LogP contribution is -2.46. The number of hydrogen-bond donors (Lipinski definition) is 0. The molecule has 0 aromatic rings. The molecule has 2 saturated heterocycles. The van der Waals surface area contributed by atoms with Gasteiger partial charge in [0.2, 0.25) is 0 Å². The van der Waals surface area contributed by atoms with Crippen LogP contribution in [0.4, 0.5) is 0 Å². The van der Waals surface area contributed by atoms with E-state index in [1.165, 1.54) is 64.2 Å². The van der Waals surface area contributed by atoms with Gasteiger partial charge in [-0.15, -0.1) is 0 Å². The van der Waals surface area contributed by atoms with E-state index >= 15 is 0 Å². The molecule has 0 N–H and O–H groups in total. The van der Waals surface area contributed by atoms with Gasteiger partial charge in [0.05, 0.1) is 6.10 Å². The second-order valence-electron chi connectivity index (χ2n) is 6.17. The quantitative estimate of drug-likeness (QED) is 0.739. The van der Waals surface area contributed by atoms with Crippen LogP contribution in [0.1, 0.15) is 71.1 Å². The third kappa shape index (κ3) is 2.39. The largest absolute Gasteiger partial charge is 0.360 e. The predicted molar refractivity (Wildman–Crippen MR) is 69.9 cm³/mol. The van der Waals surface area contributed by atoms with Gasteiger partial charge in [-0.2, -0.15) is 0 Å². The summed E-state index contributed by atoms with van der Waals surface area (Å²) >= 11 is 0. The first-order chi connectivity index (χ1) is 8.38. The average Bonchev–Trinajstić information content (AvgIpc) is 2.51. The summed E-state index contributed by atoms with van der Waals surface area (Å²) in [6, 6.07) is 1.68. The predicted octanol–water partition coefficient (Wildman–Crippen LogP) is 3.70. The molecule has 2 heteroatoms. The van der Waals surface area contributed by atoms with Gasteiger partial charge < -0.3 is 4.74 Å². The van der Waals surface area contributed by atoms with Gasteiger partial charge in [-0.05, 0) is 51.4 Å². The molecule has 0 aromatic heterocycles. The van der Waals surface area contributed by atoms with Crippen molar-refractivity contribution in [2.24, 2.45) is 0 Å². The third-order valence-corrected chi connectivity index (χ3v) is 5.08. The minimum absolute atomic E-state index is 0.427. The van der Waals surface area contributed by atoms with Gasteiger partial charge >= 0.3 is 0 Å². The highest BCUT2D eigenvalue weighted by Crippen LogP contribution is 2.38. The topological polar surface area (TPSA) is 12.5 Å². The molecule has 0 aromatic carbocycles. The molecule has 98 valence electrons. The Hall–Kier alpha value is -0.0800. The number of nitrogens with zero attached hydrogens (tertiary/aromatic N) is 1. The van der Waals surface area contributed by atoms with Crippen molar-refractivity contribution in [1.82, 2.24) is 4.90 Å². The number of ether oxygens (including phenoxy) is 1. The minimum atomic E-state index is 0.427. The zero-order chi connectivity index (χ0) is 11.7. The Kier molecular flexibility index (Phi) is 3.72. The van der Waals surface area contributed by atoms with Crippen molar-refractivity contribution in [2.45, 2.75) is 95.5 Å². The van der Waals surface area contributed by atoms with Gasteiger partial charge in [0, 0.05) is 12.1 Å². The smallest absolute Gasteiger partial charge is 0.111 e. The van der Waals surface area contributed by atoms with Crippen LogP contribution in [0.3, 0.4) is 0 Å². The third-order valence-electron chi connectivity index (χ3n) is 5.08. The van der Waals surface area contributed by atoms with Gasteiger partial charge in [0.1, 0.15) is 6.23 Å². The summed E-state index contributed by atoms with van der Waals surface area (Å²) in [7, 11) is 0. The fourth-order valence-electron chi connectivity index (χ4n) is 3.90. The Balaban J connectivity index is 1.66. The van der Waals surface area contributed by atoms with Crippen LogP contribution in [-0.2, 0) is 4.74 Å². The molecular weight excluding hydrogens is 210 g/mol. The molecule has 3 aliphatic rings. The molecule has 2 aliphatic heterocycles. The van der Waals surface area contributed by atoms with Crippen LogP contribution in [-0.4, -0.2) is 29.3 Å². The van der Waals surface area contributed by atoms with Gasteiger partial charge in [0.15, 0.2) is 0 Å². The van der Waals surface area contributed by atoms with Crippen LogP contribution in [0.15, 0.2) is 0 Å². The molecular formula is C15H27NO. The van der Waals surface area contributed by atoms with Crippen molar-refractivity contribution in [2.75, 3.05) is 0 Å². The van der Waals surface area contributed by atoms with Crippen LogP contribution < -0.4 is 0 Å². The van der Waals surface area contributed by atoms with Crippen molar-refractivity contribution in [3.05, 3.63) is 0 Å². The summed E-state index contributed by atoms with van der Waals surface area (Å²) in [4.78, 5) is 2.77. The van der Waals surface area contributed by atoms with Crippen LogP contribution in [0.5, 0.6) is 0 Å². The second kappa shape index (κ2) is 5.27. The van der Waals surface area contributed by atoms with E-state index in [0.29, 0.717) is 12.3 Å². The van der Waals surface area contributed by atoms with E-state index in [1.54, 1.807) is 0 Å². The Morgan fingerprint density at radius 3 is 2.06 bits per heavy atom. The summed E-state index contributed by atoms with van der Waals surface area (Å²) in [5, 5.41) is 0. The highest BCUT2D eigenvalue weighted by atomic mass is 16.5. The maximum absolute atomic E-state index is 6.34. The molecule has 3 atom stereocenters. The molecule has 3 unspecified atom stereocenters. The van der Waals surface area contributed by atoms with E-state index in [2.05, 4.69) is 11.8 Å². The highest BCUT2D eigenvalue weighted by molar-refractivity contribution is 4.92. The van der Waals surface area contributed by atoms with Crippen molar-refractivity contribution in [3.8, 4) is 0 Å². The molecule has 0 amide bonds. The summed E-state index contributed by atoms with van der Waals surface area (Å²) in [6.45, 7) is 2.30. The molecule has 2 bridgehead atoms. The SMILES string of the molecule is CCC(OC1CCC1)N1C2CCCCC1CC2. The molecule has 17 heavy (non-hydrogen) atoms. The van der Waals surface area contributed by atoms with Gasteiger partial charge in [0.25, 0.3) is 0 Å². The van der Waals surface area contributed by atoms with Crippen molar-refractivity contribution < 1.29 is 4.74 Å². The zero-order valence-corrected chi connectivity index (χ0v) is 11.2. The lowest BCUT2D eigenvalue weighted by atomic mass is 9.96. The van der Waals surface area contributed by atoms with E-state index in [4.69, 9.17) is 4.74 Å². The Bertz CT molecular complexity index is 237. The number of fused-ring (bicyclic) bond motifs is 2. The summed E-state index contributed by atoms with van der Waals surface area (Å²) in [5.74, 6) is 0. The second-order valence-corrected chi connectivity index (χ2v) is 6.17. The molecule has 1 aliphatic carbocycles. The molecule has 1 saturated carbocycles. The van der Waals surface area contributed by atoms with Crippen molar-refractivity contribution >= 4 is 0 Å². The summed E-state index contributed by atoms with van der Waals surface area (Å²) < 4.78 is 6.34. The molecule has 2 heterocycles. The van der Waals surface area contributed by atoms with E-state index in [1.807, 2.05) is 0 Å². The van der Waals surface area contributed by atoms with Crippen LogP contribution >= 0.6 is 0 Å². The standard InChI is InChI=1S/C15H27NO/c1-2-15(17-14-8-5-9-14)16-12-6-3-4-7-13(16)11-10-12/h12-15H,2-11H2,1H3. The Morgan fingerprint density at radius 1 is 0.941 bits per heavy atom. The van der Waals surface area contributed by atoms with E-state index in [9.17, 15) is 0 Å².